The Hall–Kier alpha value is -0.0400. The molecule has 4 atom stereocenters. The second-order valence-electron chi connectivity index (χ2n) is 6.48. The number of hydrogen-bond donors (Lipinski definition) is 1. The Balaban J connectivity index is 1.84. The van der Waals surface area contributed by atoms with Gasteiger partial charge >= 0.3 is 0 Å². The topological polar surface area (TPSA) is 12.0 Å². The van der Waals surface area contributed by atoms with Crippen LogP contribution in [0.1, 0.15) is 65.7 Å². The Kier molecular flexibility index (Phi) is 4.90. The van der Waals surface area contributed by atoms with E-state index in [9.17, 15) is 0 Å². The largest absolute Gasteiger partial charge is 0.314 e. The van der Waals surface area contributed by atoms with Gasteiger partial charge in [0.25, 0.3) is 0 Å². The number of hydrogen-bond acceptors (Lipinski definition) is 1. The first-order valence-electron chi connectivity index (χ1n) is 8.01. The molecule has 0 radical (unpaired) electrons. The van der Waals surface area contributed by atoms with Gasteiger partial charge in [-0.15, -0.1) is 0 Å². The fraction of sp³-hybridized carbons (Fsp3) is 1.00. The van der Waals surface area contributed by atoms with Gasteiger partial charge in [0.1, 0.15) is 0 Å². The van der Waals surface area contributed by atoms with Gasteiger partial charge in [-0.3, -0.25) is 0 Å². The van der Waals surface area contributed by atoms with Gasteiger partial charge in [0.05, 0.1) is 0 Å². The third-order valence-corrected chi connectivity index (χ3v) is 5.09. The van der Waals surface area contributed by atoms with Crippen molar-refractivity contribution in [3.8, 4) is 0 Å². The Morgan fingerprint density at radius 1 is 1.12 bits per heavy atom. The maximum absolute atomic E-state index is 3.79. The van der Waals surface area contributed by atoms with Crippen LogP contribution in [0.5, 0.6) is 0 Å². The number of fused-ring (bicyclic) bond motifs is 1. The van der Waals surface area contributed by atoms with Crippen LogP contribution >= 0.6 is 0 Å². The lowest BCUT2D eigenvalue weighted by Crippen LogP contribution is -2.33. The fourth-order valence-corrected chi connectivity index (χ4v) is 4.33. The normalized spacial score (nSPS) is 35.1. The van der Waals surface area contributed by atoms with Gasteiger partial charge in [0.15, 0.2) is 0 Å². The molecule has 4 unspecified atom stereocenters. The molecule has 2 aliphatic carbocycles. The lowest BCUT2D eigenvalue weighted by atomic mass is 9.93. The van der Waals surface area contributed by atoms with Crippen molar-refractivity contribution in [3.05, 3.63) is 0 Å². The van der Waals surface area contributed by atoms with Gasteiger partial charge in [-0.25, -0.2) is 0 Å². The number of nitrogens with one attached hydrogen (secondary N) is 1. The summed E-state index contributed by atoms with van der Waals surface area (Å²) in [5, 5.41) is 3.79. The Labute approximate surface area is 108 Å². The second-order valence-corrected chi connectivity index (χ2v) is 6.48. The first kappa shape index (κ1) is 13.4. The van der Waals surface area contributed by atoms with Crippen LogP contribution in [0.3, 0.4) is 0 Å². The highest BCUT2D eigenvalue weighted by molar-refractivity contribution is 5.04. The Morgan fingerprint density at radius 2 is 1.76 bits per heavy atom. The zero-order valence-corrected chi connectivity index (χ0v) is 12.0. The summed E-state index contributed by atoms with van der Waals surface area (Å²) in [7, 11) is 0. The summed E-state index contributed by atoms with van der Waals surface area (Å²) in [6.45, 7) is 8.18. The molecular formula is C16H31N. The highest BCUT2D eigenvalue weighted by atomic mass is 14.9. The molecule has 17 heavy (non-hydrogen) atoms. The minimum Gasteiger partial charge on any atom is -0.314 e. The highest BCUT2D eigenvalue weighted by Crippen LogP contribution is 2.57. The summed E-state index contributed by atoms with van der Waals surface area (Å²) in [4.78, 5) is 0. The van der Waals surface area contributed by atoms with Crippen molar-refractivity contribution in [1.82, 2.24) is 5.32 Å². The third-order valence-electron chi connectivity index (χ3n) is 5.09. The van der Waals surface area contributed by atoms with Crippen LogP contribution in [0.25, 0.3) is 0 Å². The van der Waals surface area contributed by atoms with Gasteiger partial charge in [-0.05, 0) is 49.5 Å². The third kappa shape index (κ3) is 3.24. The van der Waals surface area contributed by atoms with Crippen molar-refractivity contribution in [3.63, 3.8) is 0 Å². The lowest BCUT2D eigenvalue weighted by molar-refractivity contribution is 0.343. The molecule has 1 nitrogen and oxygen atoms in total. The molecule has 2 fully saturated rings. The monoisotopic (exact) mass is 237 g/mol. The smallest absolute Gasteiger partial charge is 0.0103 e. The summed E-state index contributed by atoms with van der Waals surface area (Å²) >= 11 is 0. The summed E-state index contributed by atoms with van der Waals surface area (Å²) in [6.07, 6.45) is 10.2. The predicted molar refractivity (Wildman–Crippen MR) is 75.1 cm³/mol. The molecule has 0 aliphatic heterocycles. The van der Waals surface area contributed by atoms with Crippen LogP contribution in [-0.2, 0) is 0 Å². The molecule has 2 rings (SSSR count). The van der Waals surface area contributed by atoms with Crippen molar-refractivity contribution >= 4 is 0 Å². The SMILES string of the molecule is CCCC(C)CC(NCC)C1C2CCCCC21. The molecule has 2 aliphatic rings. The molecule has 0 aromatic rings. The van der Waals surface area contributed by atoms with Gasteiger partial charge in [0.2, 0.25) is 0 Å². The maximum Gasteiger partial charge on any atom is 0.0103 e. The van der Waals surface area contributed by atoms with E-state index < -0.39 is 0 Å². The van der Waals surface area contributed by atoms with Crippen LogP contribution in [-0.4, -0.2) is 12.6 Å². The Bertz CT molecular complexity index is 214. The summed E-state index contributed by atoms with van der Waals surface area (Å²) in [6, 6.07) is 0.828. The molecule has 2 saturated carbocycles. The lowest BCUT2D eigenvalue weighted by Gasteiger charge is -2.22. The number of rotatable bonds is 7. The highest BCUT2D eigenvalue weighted by Gasteiger charge is 2.53. The van der Waals surface area contributed by atoms with E-state index in [0.717, 1.165) is 36.3 Å². The quantitative estimate of drug-likeness (QED) is 0.699. The van der Waals surface area contributed by atoms with E-state index in [1.807, 2.05) is 0 Å². The average molecular weight is 237 g/mol. The first-order chi connectivity index (χ1) is 8.27. The van der Waals surface area contributed by atoms with E-state index >= 15 is 0 Å². The zero-order chi connectivity index (χ0) is 12.3. The average Bonchev–Trinajstić information content (AvgIpc) is 3.03. The standard InChI is InChI=1S/C16H31N/c1-4-8-12(3)11-15(17-5-2)16-13-9-6-7-10-14(13)16/h12-17H,4-11H2,1-3H3. The fourth-order valence-electron chi connectivity index (χ4n) is 4.33. The van der Waals surface area contributed by atoms with Crippen molar-refractivity contribution in [2.75, 3.05) is 6.54 Å². The molecule has 0 saturated heterocycles. The molecular weight excluding hydrogens is 206 g/mol. The Morgan fingerprint density at radius 3 is 2.29 bits per heavy atom. The predicted octanol–water partition coefficient (Wildman–Crippen LogP) is 4.23. The van der Waals surface area contributed by atoms with E-state index in [1.54, 1.807) is 0 Å². The van der Waals surface area contributed by atoms with Crippen LogP contribution in [0.2, 0.25) is 0 Å². The van der Waals surface area contributed by atoms with Crippen LogP contribution < -0.4 is 5.32 Å². The first-order valence-corrected chi connectivity index (χ1v) is 8.01. The molecule has 0 amide bonds. The van der Waals surface area contributed by atoms with Crippen molar-refractivity contribution in [1.29, 1.82) is 0 Å². The van der Waals surface area contributed by atoms with Gasteiger partial charge in [-0.1, -0.05) is 46.5 Å². The van der Waals surface area contributed by atoms with Crippen molar-refractivity contribution in [2.24, 2.45) is 23.7 Å². The molecule has 0 aromatic heterocycles. The minimum absolute atomic E-state index is 0.828. The van der Waals surface area contributed by atoms with E-state index in [1.165, 1.54) is 44.9 Å². The van der Waals surface area contributed by atoms with E-state index in [-0.39, 0.29) is 0 Å². The van der Waals surface area contributed by atoms with Crippen LogP contribution in [0.15, 0.2) is 0 Å². The molecule has 1 heteroatoms. The molecule has 0 bridgehead atoms. The molecule has 1 N–H and O–H groups in total. The van der Waals surface area contributed by atoms with E-state index in [4.69, 9.17) is 0 Å². The summed E-state index contributed by atoms with van der Waals surface area (Å²) in [5.74, 6) is 4.15. The molecule has 100 valence electrons. The van der Waals surface area contributed by atoms with E-state index in [0.29, 0.717) is 0 Å². The summed E-state index contributed by atoms with van der Waals surface area (Å²) < 4.78 is 0. The second kappa shape index (κ2) is 6.22. The minimum atomic E-state index is 0.828. The summed E-state index contributed by atoms with van der Waals surface area (Å²) in [5.41, 5.74) is 0. The molecule has 0 heterocycles. The van der Waals surface area contributed by atoms with Crippen molar-refractivity contribution in [2.45, 2.75) is 71.8 Å². The maximum atomic E-state index is 3.79. The van der Waals surface area contributed by atoms with Crippen LogP contribution in [0.4, 0.5) is 0 Å². The molecule has 0 spiro atoms. The van der Waals surface area contributed by atoms with Gasteiger partial charge < -0.3 is 5.32 Å². The van der Waals surface area contributed by atoms with E-state index in [2.05, 4.69) is 26.1 Å². The molecule has 0 aromatic carbocycles. The van der Waals surface area contributed by atoms with Gasteiger partial charge in [0, 0.05) is 6.04 Å². The van der Waals surface area contributed by atoms with Gasteiger partial charge in [-0.2, -0.15) is 0 Å². The zero-order valence-electron chi connectivity index (χ0n) is 12.0. The van der Waals surface area contributed by atoms with Crippen LogP contribution in [0, 0.1) is 23.7 Å². The van der Waals surface area contributed by atoms with Crippen molar-refractivity contribution < 1.29 is 0 Å².